The van der Waals surface area contributed by atoms with Crippen molar-refractivity contribution < 1.29 is 4.79 Å². The second-order valence-electron chi connectivity index (χ2n) is 5.00. The highest BCUT2D eigenvalue weighted by Gasteiger charge is 2.13. The van der Waals surface area contributed by atoms with E-state index in [0.717, 1.165) is 12.0 Å². The van der Waals surface area contributed by atoms with Crippen molar-refractivity contribution in [3.63, 3.8) is 0 Å². The fourth-order valence-corrected chi connectivity index (χ4v) is 1.53. The van der Waals surface area contributed by atoms with Crippen LogP contribution in [0.2, 0.25) is 0 Å². The Balaban J connectivity index is 2.86. The van der Waals surface area contributed by atoms with Crippen LogP contribution in [0.15, 0.2) is 24.3 Å². The lowest BCUT2D eigenvalue weighted by Gasteiger charge is -2.18. The molecule has 0 atom stereocenters. The van der Waals surface area contributed by atoms with E-state index in [1.54, 1.807) is 0 Å². The van der Waals surface area contributed by atoms with Gasteiger partial charge >= 0.3 is 0 Å². The molecule has 1 nitrogen and oxygen atoms in total. The number of hydrogen-bond acceptors (Lipinski definition) is 1. The first-order chi connectivity index (χ1) is 6.95. The van der Waals surface area contributed by atoms with Crippen LogP contribution >= 0.6 is 0 Å². The smallest absolute Gasteiger partial charge is 0.162 e. The molecule has 0 amide bonds. The molecule has 0 aliphatic carbocycles. The molecule has 1 heteroatoms. The maximum absolute atomic E-state index is 11.6. The minimum absolute atomic E-state index is 0.159. The lowest BCUT2D eigenvalue weighted by atomic mass is 9.86. The van der Waals surface area contributed by atoms with Gasteiger partial charge in [0.15, 0.2) is 5.78 Å². The maximum atomic E-state index is 11.6. The molecular weight excluding hydrogens is 184 g/mol. The van der Waals surface area contributed by atoms with Crippen LogP contribution in [0.3, 0.4) is 0 Å². The Labute approximate surface area is 92.5 Å². The Hall–Kier alpha value is -1.11. The normalized spacial score (nSPS) is 11.5. The molecule has 0 saturated carbocycles. The molecule has 15 heavy (non-hydrogen) atoms. The summed E-state index contributed by atoms with van der Waals surface area (Å²) in [6.45, 7) is 8.56. The summed E-state index contributed by atoms with van der Waals surface area (Å²) in [7, 11) is 0. The zero-order chi connectivity index (χ0) is 11.5. The first-order valence-corrected chi connectivity index (χ1v) is 5.59. The van der Waals surface area contributed by atoms with Crippen LogP contribution in [0.25, 0.3) is 0 Å². The van der Waals surface area contributed by atoms with Gasteiger partial charge in [0, 0.05) is 12.0 Å². The van der Waals surface area contributed by atoms with Crippen molar-refractivity contribution in [3.05, 3.63) is 35.4 Å². The van der Waals surface area contributed by atoms with Crippen molar-refractivity contribution >= 4 is 5.78 Å². The molecule has 0 radical (unpaired) electrons. The summed E-state index contributed by atoms with van der Waals surface area (Å²) in [5.74, 6) is 0.248. The third-order valence-electron chi connectivity index (χ3n) is 2.55. The van der Waals surface area contributed by atoms with Gasteiger partial charge in [-0.05, 0) is 17.4 Å². The van der Waals surface area contributed by atoms with Gasteiger partial charge in [-0.3, -0.25) is 4.79 Å². The van der Waals surface area contributed by atoms with Crippen molar-refractivity contribution in [1.82, 2.24) is 0 Å². The molecule has 0 aliphatic heterocycles. The first-order valence-electron chi connectivity index (χ1n) is 5.59. The molecule has 0 saturated heterocycles. The van der Waals surface area contributed by atoms with Gasteiger partial charge in [-0.15, -0.1) is 0 Å². The van der Waals surface area contributed by atoms with Crippen molar-refractivity contribution in [1.29, 1.82) is 0 Å². The molecular formula is C14H20O. The molecule has 1 aromatic carbocycles. The van der Waals surface area contributed by atoms with Crippen molar-refractivity contribution in [2.45, 2.75) is 46.0 Å². The predicted octanol–water partition coefficient (Wildman–Crippen LogP) is 3.97. The number of rotatable bonds is 3. The Morgan fingerprint density at radius 3 is 2.07 bits per heavy atom. The van der Waals surface area contributed by atoms with E-state index in [4.69, 9.17) is 0 Å². The van der Waals surface area contributed by atoms with Crippen LogP contribution in [-0.4, -0.2) is 5.78 Å². The lowest BCUT2D eigenvalue weighted by molar-refractivity contribution is 0.0981. The monoisotopic (exact) mass is 204 g/mol. The zero-order valence-corrected chi connectivity index (χ0v) is 10.1. The number of carbonyl (C=O) groups is 1. The van der Waals surface area contributed by atoms with Gasteiger partial charge in [-0.1, -0.05) is 52.0 Å². The van der Waals surface area contributed by atoms with Crippen LogP contribution in [0.4, 0.5) is 0 Å². The number of Topliss-reactive ketones (excluding diaryl/α,β-unsaturated/α-hetero) is 1. The van der Waals surface area contributed by atoms with Crippen LogP contribution < -0.4 is 0 Å². The van der Waals surface area contributed by atoms with Crippen LogP contribution in [0, 0.1) is 0 Å². The van der Waals surface area contributed by atoms with E-state index >= 15 is 0 Å². The quantitative estimate of drug-likeness (QED) is 0.681. The average molecular weight is 204 g/mol. The standard InChI is InChI=1S/C14H20O/c1-5-6-13(15)11-7-9-12(10-8-11)14(2,3)4/h7-10H,5-6H2,1-4H3. The van der Waals surface area contributed by atoms with Gasteiger partial charge in [0.1, 0.15) is 0 Å². The van der Waals surface area contributed by atoms with E-state index in [0.29, 0.717) is 6.42 Å². The highest BCUT2D eigenvalue weighted by atomic mass is 16.1. The van der Waals surface area contributed by atoms with Crippen LogP contribution in [-0.2, 0) is 5.41 Å². The molecule has 0 spiro atoms. The molecule has 82 valence electrons. The van der Waals surface area contributed by atoms with Crippen molar-refractivity contribution in [2.24, 2.45) is 0 Å². The third-order valence-corrected chi connectivity index (χ3v) is 2.55. The molecule has 0 unspecified atom stereocenters. The second kappa shape index (κ2) is 4.61. The Bertz CT molecular complexity index is 327. The summed E-state index contributed by atoms with van der Waals surface area (Å²) in [5, 5.41) is 0. The molecule has 1 rings (SSSR count). The maximum Gasteiger partial charge on any atom is 0.162 e. The van der Waals surface area contributed by atoms with E-state index in [-0.39, 0.29) is 11.2 Å². The molecule has 0 N–H and O–H groups in total. The van der Waals surface area contributed by atoms with Gasteiger partial charge in [-0.2, -0.15) is 0 Å². The summed E-state index contributed by atoms with van der Waals surface area (Å²) < 4.78 is 0. The van der Waals surface area contributed by atoms with E-state index in [2.05, 4.69) is 32.9 Å². The number of hydrogen-bond donors (Lipinski definition) is 0. The minimum atomic E-state index is 0.159. The van der Waals surface area contributed by atoms with Crippen LogP contribution in [0.5, 0.6) is 0 Å². The molecule has 0 aliphatic rings. The summed E-state index contributed by atoms with van der Waals surface area (Å²) in [6, 6.07) is 8.00. The van der Waals surface area contributed by atoms with E-state index in [1.807, 2.05) is 19.1 Å². The lowest BCUT2D eigenvalue weighted by Crippen LogP contribution is -2.11. The predicted molar refractivity (Wildman–Crippen MR) is 64.4 cm³/mol. The summed E-state index contributed by atoms with van der Waals surface area (Å²) in [6.07, 6.45) is 1.56. The van der Waals surface area contributed by atoms with Gasteiger partial charge in [0.2, 0.25) is 0 Å². The van der Waals surface area contributed by atoms with Gasteiger partial charge in [-0.25, -0.2) is 0 Å². The van der Waals surface area contributed by atoms with Crippen LogP contribution in [0.1, 0.15) is 56.5 Å². The van der Waals surface area contributed by atoms with Crippen molar-refractivity contribution in [3.8, 4) is 0 Å². The highest BCUT2D eigenvalue weighted by molar-refractivity contribution is 5.96. The summed E-state index contributed by atoms with van der Waals surface area (Å²) >= 11 is 0. The number of carbonyl (C=O) groups excluding carboxylic acids is 1. The molecule has 0 aromatic heterocycles. The van der Waals surface area contributed by atoms with E-state index in [9.17, 15) is 4.79 Å². The fourth-order valence-electron chi connectivity index (χ4n) is 1.53. The largest absolute Gasteiger partial charge is 0.294 e. The molecule has 0 bridgehead atoms. The van der Waals surface area contributed by atoms with E-state index < -0.39 is 0 Å². The van der Waals surface area contributed by atoms with Gasteiger partial charge in [0.25, 0.3) is 0 Å². The summed E-state index contributed by atoms with van der Waals surface area (Å²) in [5.41, 5.74) is 2.27. The van der Waals surface area contributed by atoms with Gasteiger partial charge in [0.05, 0.1) is 0 Å². The zero-order valence-electron chi connectivity index (χ0n) is 10.1. The average Bonchev–Trinajstić information content (AvgIpc) is 2.17. The number of ketones is 1. The topological polar surface area (TPSA) is 17.1 Å². The minimum Gasteiger partial charge on any atom is -0.294 e. The number of benzene rings is 1. The molecule has 0 fully saturated rings. The fraction of sp³-hybridized carbons (Fsp3) is 0.500. The molecule has 1 aromatic rings. The first kappa shape index (κ1) is 12.0. The Morgan fingerprint density at radius 1 is 1.13 bits per heavy atom. The Morgan fingerprint density at radius 2 is 1.67 bits per heavy atom. The Kier molecular flexibility index (Phi) is 3.67. The summed E-state index contributed by atoms with van der Waals surface area (Å²) in [4.78, 5) is 11.6. The van der Waals surface area contributed by atoms with Crippen molar-refractivity contribution in [2.75, 3.05) is 0 Å². The van der Waals surface area contributed by atoms with E-state index in [1.165, 1.54) is 5.56 Å². The second-order valence-corrected chi connectivity index (χ2v) is 5.00. The third kappa shape index (κ3) is 3.19. The van der Waals surface area contributed by atoms with Gasteiger partial charge < -0.3 is 0 Å². The highest BCUT2D eigenvalue weighted by Crippen LogP contribution is 2.22. The SMILES string of the molecule is CCCC(=O)c1ccc(C(C)(C)C)cc1. The molecule has 0 heterocycles.